The Labute approximate surface area is 426 Å². The van der Waals surface area contributed by atoms with E-state index in [9.17, 15) is 0 Å². The molecule has 0 bridgehead atoms. The fraction of sp³-hybridized carbons (Fsp3) is 0.246. The highest BCUT2D eigenvalue weighted by molar-refractivity contribution is 6.26. The van der Waals surface area contributed by atoms with Crippen molar-refractivity contribution in [3.8, 4) is 16.8 Å². The van der Waals surface area contributed by atoms with E-state index in [0.717, 1.165) is 5.69 Å². The third kappa shape index (κ3) is 7.21. The summed E-state index contributed by atoms with van der Waals surface area (Å²) >= 11 is 0. The van der Waals surface area contributed by atoms with Crippen molar-refractivity contribution in [1.29, 1.82) is 0 Å². The first-order chi connectivity index (χ1) is 35.1. The van der Waals surface area contributed by atoms with Gasteiger partial charge in [0.25, 0.3) is 0 Å². The quantitative estimate of drug-likeness (QED) is 0.143. The van der Waals surface area contributed by atoms with Crippen molar-refractivity contribution in [3.63, 3.8) is 0 Å². The average Bonchev–Trinajstić information content (AvgIpc) is 4.24. The van der Waals surface area contributed by atoms with Crippen LogP contribution in [0, 0.1) is 27.7 Å². The van der Waals surface area contributed by atoms with Gasteiger partial charge in [0.1, 0.15) is 0 Å². The number of aryl methyl sites for hydroxylation is 4. The topological polar surface area (TPSA) is 11.4 Å². The number of para-hydroxylation sites is 1. The fourth-order valence-corrected chi connectivity index (χ4v) is 13.2. The summed E-state index contributed by atoms with van der Waals surface area (Å²) in [5.41, 5.74) is 23.9. The second kappa shape index (κ2) is 17.4. The molecular formula is C69H65N3. The molecule has 356 valence electrons. The Morgan fingerprint density at radius 2 is 0.958 bits per heavy atom. The number of hydrogen-bond donors (Lipinski definition) is 0. The maximum atomic E-state index is 2.61. The highest BCUT2D eigenvalue weighted by Gasteiger charge is 2.41. The van der Waals surface area contributed by atoms with Gasteiger partial charge in [-0.1, -0.05) is 137 Å². The van der Waals surface area contributed by atoms with Crippen LogP contribution in [-0.2, 0) is 5.41 Å². The molecule has 9 aromatic carbocycles. The molecule has 0 radical (unpaired) electrons. The minimum absolute atomic E-state index is 0.355. The third-order valence-corrected chi connectivity index (χ3v) is 17.5. The monoisotopic (exact) mass is 936 g/mol. The van der Waals surface area contributed by atoms with Crippen LogP contribution >= 0.6 is 0 Å². The van der Waals surface area contributed by atoms with Crippen LogP contribution in [0.3, 0.4) is 0 Å². The molecule has 3 aliphatic carbocycles. The molecule has 0 amide bonds. The van der Waals surface area contributed by atoms with Crippen molar-refractivity contribution >= 4 is 66.7 Å². The second-order valence-corrected chi connectivity index (χ2v) is 22.1. The predicted octanol–water partition coefficient (Wildman–Crippen LogP) is 19.7. The molecule has 3 aliphatic rings. The van der Waals surface area contributed by atoms with E-state index in [1.807, 2.05) is 0 Å². The Morgan fingerprint density at radius 1 is 0.431 bits per heavy atom. The predicted molar refractivity (Wildman–Crippen MR) is 307 cm³/mol. The highest BCUT2D eigenvalue weighted by Crippen LogP contribution is 2.58. The molecule has 0 unspecified atom stereocenters. The molecule has 2 fully saturated rings. The van der Waals surface area contributed by atoms with Gasteiger partial charge in [0, 0.05) is 61.3 Å². The van der Waals surface area contributed by atoms with Crippen LogP contribution in [-0.4, -0.2) is 4.57 Å². The molecule has 1 aromatic heterocycles. The van der Waals surface area contributed by atoms with Gasteiger partial charge >= 0.3 is 0 Å². The molecule has 1 heterocycles. The van der Waals surface area contributed by atoms with E-state index in [4.69, 9.17) is 0 Å². The summed E-state index contributed by atoms with van der Waals surface area (Å²) in [4.78, 5) is 5.08. The lowest BCUT2D eigenvalue weighted by atomic mass is 9.81. The molecular weight excluding hydrogens is 871 g/mol. The lowest BCUT2D eigenvalue weighted by Crippen LogP contribution is -2.18. The average molecular weight is 936 g/mol. The Hall–Kier alpha value is -7.36. The molecule has 0 saturated heterocycles. The summed E-state index contributed by atoms with van der Waals surface area (Å²) in [5.74, 6) is 1.31. The van der Waals surface area contributed by atoms with Crippen molar-refractivity contribution in [2.75, 3.05) is 9.80 Å². The molecule has 0 spiro atoms. The van der Waals surface area contributed by atoms with E-state index in [-0.39, 0.29) is 5.41 Å². The van der Waals surface area contributed by atoms with E-state index in [0.29, 0.717) is 11.8 Å². The second-order valence-electron chi connectivity index (χ2n) is 22.1. The number of hydrogen-bond acceptors (Lipinski definition) is 2. The molecule has 3 heteroatoms. The van der Waals surface area contributed by atoms with Crippen LogP contribution < -0.4 is 9.80 Å². The van der Waals surface area contributed by atoms with E-state index in [2.05, 4.69) is 232 Å². The molecule has 3 nitrogen and oxygen atoms in total. The zero-order valence-corrected chi connectivity index (χ0v) is 42.9. The minimum atomic E-state index is -0.355. The van der Waals surface area contributed by atoms with Crippen molar-refractivity contribution in [3.05, 3.63) is 220 Å². The van der Waals surface area contributed by atoms with E-state index < -0.39 is 0 Å². The Kier molecular flexibility index (Phi) is 10.8. The maximum absolute atomic E-state index is 2.61. The standard InChI is InChI=1S/C69H65N3/c1-44-24-31-56(40-46(44)3)70(54-33-26-50(27-34-54)48-16-10-11-17-48)58-37-39-60-62(42-58)69(5,6)63-43-64(71(57-32-25-45(2)47(4)41-57)55-35-28-51(29-36-55)49-18-12-13-19-49)66-61-38-30-52-20-14-15-23-59(52)67(61)72(68(66)65(60)63)53-21-8-7-9-22-53/h7-9,14-15,20-43,48-49H,10-13,16-19H2,1-6H3. The van der Waals surface area contributed by atoms with Gasteiger partial charge in [-0.05, 0) is 200 Å². The highest BCUT2D eigenvalue weighted by atomic mass is 15.2. The summed E-state index contributed by atoms with van der Waals surface area (Å²) in [5, 5.41) is 5.02. The first-order valence-electron chi connectivity index (χ1n) is 26.8. The van der Waals surface area contributed by atoms with Crippen molar-refractivity contribution in [1.82, 2.24) is 4.57 Å². The summed E-state index contributed by atoms with van der Waals surface area (Å²) in [6.07, 6.45) is 10.5. The summed E-state index contributed by atoms with van der Waals surface area (Å²) in [7, 11) is 0. The van der Waals surface area contributed by atoms with Gasteiger partial charge < -0.3 is 14.4 Å². The van der Waals surface area contributed by atoms with Crippen molar-refractivity contribution in [2.24, 2.45) is 0 Å². The Morgan fingerprint density at radius 3 is 1.57 bits per heavy atom. The number of nitrogens with zero attached hydrogens (tertiary/aromatic N) is 3. The summed E-state index contributed by atoms with van der Waals surface area (Å²) in [6, 6.07) is 68.0. The Bertz CT molecular complexity index is 3710. The van der Waals surface area contributed by atoms with Crippen LogP contribution in [0.25, 0.3) is 49.4 Å². The van der Waals surface area contributed by atoms with Gasteiger partial charge in [-0.15, -0.1) is 0 Å². The van der Waals surface area contributed by atoms with Crippen LogP contribution in [0.2, 0.25) is 0 Å². The van der Waals surface area contributed by atoms with Crippen LogP contribution in [0.1, 0.15) is 122 Å². The van der Waals surface area contributed by atoms with Gasteiger partial charge in [0.2, 0.25) is 0 Å². The molecule has 13 rings (SSSR count). The third-order valence-electron chi connectivity index (χ3n) is 17.5. The largest absolute Gasteiger partial charge is 0.310 e. The van der Waals surface area contributed by atoms with Crippen LogP contribution in [0.15, 0.2) is 176 Å². The zero-order chi connectivity index (χ0) is 48.8. The molecule has 0 N–H and O–H groups in total. The summed E-state index contributed by atoms with van der Waals surface area (Å²) in [6.45, 7) is 13.9. The lowest BCUT2D eigenvalue weighted by molar-refractivity contribution is 0.661. The summed E-state index contributed by atoms with van der Waals surface area (Å²) < 4.78 is 2.61. The van der Waals surface area contributed by atoms with Crippen molar-refractivity contribution < 1.29 is 0 Å². The number of rotatable bonds is 9. The minimum Gasteiger partial charge on any atom is -0.310 e. The molecule has 10 aromatic rings. The molecule has 2 saturated carbocycles. The fourth-order valence-electron chi connectivity index (χ4n) is 13.2. The van der Waals surface area contributed by atoms with E-state index in [1.165, 1.54) is 174 Å². The smallest absolute Gasteiger partial charge is 0.0644 e. The SMILES string of the molecule is Cc1ccc(N(c2ccc(C3CCCC3)cc2)c2ccc3c(c2)C(C)(C)c2cc(N(c4ccc(C5CCCC5)cc4)c4ccc(C)c(C)c4)c4c5ccc6ccccc6c5n(-c5ccccc5)c4c2-3)cc1C. The molecule has 0 aliphatic heterocycles. The number of fused-ring (bicyclic) bond motifs is 9. The van der Waals surface area contributed by atoms with Gasteiger partial charge in [-0.3, -0.25) is 0 Å². The van der Waals surface area contributed by atoms with Gasteiger partial charge in [0.05, 0.1) is 16.7 Å². The van der Waals surface area contributed by atoms with Gasteiger partial charge in [0.15, 0.2) is 0 Å². The zero-order valence-electron chi connectivity index (χ0n) is 42.9. The lowest BCUT2D eigenvalue weighted by Gasteiger charge is -2.30. The molecule has 72 heavy (non-hydrogen) atoms. The first kappa shape index (κ1) is 44.6. The van der Waals surface area contributed by atoms with Gasteiger partial charge in [-0.2, -0.15) is 0 Å². The maximum Gasteiger partial charge on any atom is 0.0644 e. The first-order valence-corrected chi connectivity index (χ1v) is 26.8. The van der Waals surface area contributed by atoms with E-state index in [1.54, 1.807) is 0 Å². The van der Waals surface area contributed by atoms with Crippen LogP contribution in [0.5, 0.6) is 0 Å². The number of benzene rings is 9. The number of anilines is 6. The number of aromatic nitrogens is 1. The Balaban J connectivity index is 1.10. The van der Waals surface area contributed by atoms with Gasteiger partial charge in [-0.25, -0.2) is 0 Å². The van der Waals surface area contributed by atoms with Crippen molar-refractivity contribution in [2.45, 2.75) is 110 Å². The normalized spacial score (nSPS) is 15.5. The van der Waals surface area contributed by atoms with Crippen LogP contribution in [0.4, 0.5) is 34.1 Å². The molecule has 0 atom stereocenters. The van der Waals surface area contributed by atoms with E-state index >= 15 is 0 Å².